The molecule has 1 saturated heterocycles. The summed E-state index contributed by atoms with van der Waals surface area (Å²) in [5.74, 6) is -3.13. The highest BCUT2D eigenvalue weighted by molar-refractivity contribution is 7.94. The van der Waals surface area contributed by atoms with E-state index in [-0.39, 0.29) is 17.0 Å². The number of sulfonamides is 1. The minimum atomic E-state index is -3.69. The highest BCUT2D eigenvalue weighted by Gasteiger charge is 2.41. The molecule has 1 atom stereocenters. The molecule has 9 heteroatoms. The summed E-state index contributed by atoms with van der Waals surface area (Å²) in [4.78, 5) is 33.9. The van der Waals surface area contributed by atoms with Gasteiger partial charge >= 0.3 is 5.97 Å². The van der Waals surface area contributed by atoms with E-state index in [1.807, 2.05) is 0 Å². The number of carbonyl (C=O) groups excluding carboxylic acids is 2. The summed E-state index contributed by atoms with van der Waals surface area (Å²) in [6.07, 6.45) is 0. The van der Waals surface area contributed by atoms with Gasteiger partial charge in [-0.15, -0.1) is 0 Å². The number of nitrogens with zero attached hydrogens (tertiary/aromatic N) is 1. The lowest BCUT2D eigenvalue weighted by Crippen LogP contribution is -2.31. The number of carbonyl (C=O) groups is 3. The van der Waals surface area contributed by atoms with Gasteiger partial charge < -0.3 is 10.4 Å². The van der Waals surface area contributed by atoms with Crippen LogP contribution in [0.3, 0.4) is 0 Å². The molecule has 0 spiro atoms. The summed E-state index contributed by atoms with van der Waals surface area (Å²) in [6, 6.07) is 5.34. The molecule has 1 unspecified atom stereocenters. The van der Waals surface area contributed by atoms with Gasteiger partial charge in [0, 0.05) is 5.56 Å². The van der Waals surface area contributed by atoms with Crippen LogP contribution in [0.4, 0.5) is 5.69 Å². The van der Waals surface area contributed by atoms with Crippen LogP contribution in [0, 0.1) is 5.92 Å². The quantitative estimate of drug-likeness (QED) is 0.791. The maximum absolute atomic E-state index is 11.9. The molecule has 1 aromatic rings. The van der Waals surface area contributed by atoms with Gasteiger partial charge in [-0.1, -0.05) is 6.92 Å². The molecule has 8 nitrogen and oxygen atoms in total. The maximum Gasteiger partial charge on any atom is 0.322 e. The highest BCUT2D eigenvalue weighted by atomic mass is 32.2. The predicted molar refractivity (Wildman–Crippen MR) is 76.8 cm³/mol. The standard InChI is InChI=1S/C13H14N2O6S/c1-8-7-22(20,21)15(13(8)19)10-4-2-9(3-5-10)12(18)14-6-11(16)17/h2-5,8H,6-7H2,1H3,(H,14,18)(H,16,17). The third-order valence-corrected chi connectivity index (χ3v) is 4.99. The van der Waals surface area contributed by atoms with Crippen LogP contribution in [0.2, 0.25) is 0 Å². The molecule has 0 aromatic heterocycles. The Morgan fingerprint density at radius 2 is 1.91 bits per heavy atom. The first kappa shape index (κ1) is 16.0. The van der Waals surface area contributed by atoms with Crippen molar-refractivity contribution < 1.29 is 27.9 Å². The van der Waals surface area contributed by atoms with Gasteiger partial charge in [-0.3, -0.25) is 14.4 Å². The third-order valence-electron chi connectivity index (χ3n) is 3.12. The summed E-state index contributed by atoms with van der Waals surface area (Å²) in [5, 5.41) is 10.7. The van der Waals surface area contributed by atoms with Crippen molar-refractivity contribution in [3.63, 3.8) is 0 Å². The fourth-order valence-electron chi connectivity index (χ4n) is 2.09. The molecule has 2 rings (SSSR count). The van der Waals surface area contributed by atoms with Crippen molar-refractivity contribution in [3.05, 3.63) is 29.8 Å². The van der Waals surface area contributed by atoms with Crippen molar-refractivity contribution in [2.75, 3.05) is 16.6 Å². The molecule has 1 aliphatic heterocycles. The van der Waals surface area contributed by atoms with E-state index < -0.39 is 40.3 Å². The van der Waals surface area contributed by atoms with Crippen molar-refractivity contribution in [1.29, 1.82) is 0 Å². The van der Waals surface area contributed by atoms with Crippen LogP contribution >= 0.6 is 0 Å². The van der Waals surface area contributed by atoms with Gasteiger partial charge in [0.05, 0.1) is 17.4 Å². The molecule has 118 valence electrons. The van der Waals surface area contributed by atoms with Crippen LogP contribution in [-0.4, -0.2) is 43.6 Å². The number of amides is 2. The normalized spacial score (nSPS) is 20.0. The van der Waals surface area contributed by atoms with Gasteiger partial charge in [-0.2, -0.15) is 0 Å². The molecular formula is C13H14N2O6S. The maximum atomic E-state index is 11.9. The zero-order valence-corrected chi connectivity index (χ0v) is 12.5. The topological polar surface area (TPSA) is 121 Å². The van der Waals surface area contributed by atoms with Gasteiger partial charge in [0.25, 0.3) is 5.91 Å². The number of hydrogen-bond acceptors (Lipinski definition) is 5. The Morgan fingerprint density at radius 3 is 2.36 bits per heavy atom. The Morgan fingerprint density at radius 1 is 1.32 bits per heavy atom. The Labute approximate surface area is 126 Å². The summed E-state index contributed by atoms with van der Waals surface area (Å²) in [6.45, 7) is 1.02. The molecule has 22 heavy (non-hydrogen) atoms. The predicted octanol–water partition coefficient (Wildman–Crippen LogP) is -0.187. The first-order valence-corrected chi connectivity index (χ1v) is 8.00. The molecule has 1 heterocycles. The Balaban J connectivity index is 2.21. The Kier molecular flexibility index (Phi) is 4.18. The van der Waals surface area contributed by atoms with E-state index >= 15 is 0 Å². The molecule has 2 N–H and O–H groups in total. The van der Waals surface area contributed by atoms with Crippen molar-refractivity contribution in [1.82, 2.24) is 5.32 Å². The average molecular weight is 326 g/mol. The molecule has 0 bridgehead atoms. The number of benzene rings is 1. The van der Waals surface area contributed by atoms with Crippen LogP contribution in [-0.2, 0) is 19.6 Å². The first-order chi connectivity index (χ1) is 10.2. The Hall–Kier alpha value is -2.42. The largest absolute Gasteiger partial charge is 0.480 e. The summed E-state index contributed by atoms with van der Waals surface area (Å²) in [5.41, 5.74) is 0.325. The number of aliphatic carboxylic acids is 1. The second kappa shape index (κ2) is 5.76. The van der Waals surface area contributed by atoms with Crippen LogP contribution in [0.15, 0.2) is 24.3 Å². The molecule has 0 saturated carbocycles. The lowest BCUT2D eigenvalue weighted by atomic mass is 10.1. The van der Waals surface area contributed by atoms with Crippen molar-refractivity contribution >= 4 is 33.5 Å². The monoisotopic (exact) mass is 326 g/mol. The van der Waals surface area contributed by atoms with Gasteiger partial charge in [0.1, 0.15) is 6.54 Å². The van der Waals surface area contributed by atoms with Gasteiger partial charge in [-0.05, 0) is 24.3 Å². The third kappa shape index (κ3) is 3.08. The highest BCUT2D eigenvalue weighted by Crippen LogP contribution is 2.28. The molecule has 0 radical (unpaired) electrons. The minimum Gasteiger partial charge on any atom is -0.480 e. The van der Waals surface area contributed by atoms with E-state index in [9.17, 15) is 22.8 Å². The minimum absolute atomic E-state index is 0.157. The summed E-state index contributed by atoms with van der Waals surface area (Å²) < 4.78 is 24.6. The zero-order valence-electron chi connectivity index (χ0n) is 11.6. The van der Waals surface area contributed by atoms with E-state index in [0.717, 1.165) is 4.31 Å². The van der Waals surface area contributed by atoms with Gasteiger partial charge in [0.2, 0.25) is 15.9 Å². The summed E-state index contributed by atoms with van der Waals surface area (Å²) in [7, 11) is -3.69. The summed E-state index contributed by atoms with van der Waals surface area (Å²) >= 11 is 0. The Bertz CT molecular complexity index is 725. The number of carboxylic acids is 1. The fourth-order valence-corrected chi connectivity index (χ4v) is 3.91. The van der Waals surface area contributed by atoms with E-state index in [2.05, 4.69) is 5.32 Å². The van der Waals surface area contributed by atoms with Crippen LogP contribution in [0.1, 0.15) is 17.3 Å². The fraction of sp³-hybridized carbons (Fsp3) is 0.308. The van der Waals surface area contributed by atoms with Crippen molar-refractivity contribution in [2.45, 2.75) is 6.92 Å². The number of rotatable bonds is 4. The molecular weight excluding hydrogens is 312 g/mol. The first-order valence-electron chi connectivity index (χ1n) is 6.39. The van der Waals surface area contributed by atoms with Crippen LogP contribution < -0.4 is 9.62 Å². The lowest BCUT2D eigenvalue weighted by molar-refractivity contribution is -0.135. The smallest absolute Gasteiger partial charge is 0.322 e. The average Bonchev–Trinajstić information content (AvgIpc) is 2.64. The van der Waals surface area contributed by atoms with Gasteiger partial charge in [0.15, 0.2) is 0 Å². The zero-order chi connectivity index (χ0) is 16.5. The van der Waals surface area contributed by atoms with E-state index in [1.54, 1.807) is 0 Å². The molecule has 1 fully saturated rings. The van der Waals surface area contributed by atoms with E-state index in [4.69, 9.17) is 5.11 Å². The number of carboxylic acid groups (broad SMARTS) is 1. The van der Waals surface area contributed by atoms with Crippen molar-refractivity contribution in [2.24, 2.45) is 5.92 Å². The SMILES string of the molecule is CC1CS(=O)(=O)N(c2ccc(C(=O)NCC(=O)O)cc2)C1=O. The van der Waals surface area contributed by atoms with E-state index in [1.165, 1.54) is 31.2 Å². The molecule has 0 aliphatic carbocycles. The van der Waals surface area contributed by atoms with Crippen molar-refractivity contribution in [3.8, 4) is 0 Å². The number of nitrogens with one attached hydrogen (secondary N) is 1. The molecule has 1 aromatic carbocycles. The molecule has 2 amide bonds. The number of hydrogen-bond donors (Lipinski definition) is 2. The second-order valence-corrected chi connectivity index (χ2v) is 6.77. The van der Waals surface area contributed by atoms with Crippen LogP contribution in [0.25, 0.3) is 0 Å². The van der Waals surface area contributed by atoms with E-state index in [0.29, 0.717) is 0 Å². The second-order valence-electron chi connectivity index (χ2n) is 4.91. The molecule has 1 aliphatic rings. The van der Waals surface area contributed by atoms with Crippen LogP contribution in [0.5, 0.6) is 0 Å². The number of anilines is 1. The van der Waals surface area contributed by atoms with Gasteiger partial charge in [-0.25, -0.2) is 12.7 Å². The lowest BCUT2D eigenvalue weighted by Gasteiger charge is -2.15.